The number of thiophene rings is 1. The van der Waals surface area contributed by atoms with E-state index >= 15 is 0 Å². The van der Waals surface area contributed by atoms with Crippen LogP contribution in [0.3, 0.4) is 0 Å². The smallest absolute Gasteiger partial charge is 0.131 e. The minimum atomic E-state index is -0.0296. The first kappa shape index (κ1) is 14.2. The molecule has 2 nitrogen and oxygen atoms in total. The molecule has 1 unspecified atom stereocenters. The number of anilines is 1. The summed E-state index contributed by atoms with van der Waals surface area (Å²) >= 11 is 7.65. The van der Waals surface area contributed by atoms with Crippen LogP contribution in [0.2, 0.25) is 4.34 Å². The van der Waals surface area contributed by atoms with Gasteiger partial charge in [0.15, 0.2) is 0 Å². The van der Waals surface area contributed by atoms with Crippen molar-refractivity contribution in [3.63, 3.8) is 0 Å². The molecule has 0 radical (unpaired) electrons. The van der Waals surface area contributed by atoms with Crippen molar-refractivity contribution in [3.05, 3.63) is 74.8 Å². The van der Waals surface area contributed by atoms with Gasteiger partial charge in [-0.15, -0.1) is 11.3 Å². The second kappa shape index (κ2) is 5.96. The molecular formula is C17H16ClNOS. The maximum Gasteiger partial charge on any atom is 0.131 e. The van der Waals surface area contributed by atoms with Gasteiger partial charge < -0.3 is 9.73 Å². The summed E-state index contributed by atoms with van der Waals surface area (Å²) in [5.41, 5.74) is 3.55. The Morgan fingerprint density at radius 3 is 2.67 bits per heavy atom. The molecule has 4 heteroatoms. The molecule has 0 fully saturated rings. The zero-order valence-electron chi connectivity index (χ0n) is 11.9. The average Bonchev–Trinajstić information content (AvgIpc) is 3.11. The third kappa shape index (κ3) is 3.14. The summed E-state index contributed by atoms with van der Waals surface area (Å²) in [7, 11) is 0. The Morgan fingerprint density at radius 1 is 1.14 bits per heavy atom. The summed E-state index contributed by atoms with van der Waals surface area (Å²) < 4.78 is 6.38. The van der Waals surface area contributed by atoms with Crippen molar-refractivity contribution >= 4 is 28.6 Å². The Hall–Kier alpha value is -1.71. The number of furan rings is 1. The zero-order valence-corrected chi connectivity index (χ0v) is 13.5. The number of hydrogen-bond donors (Lipinski definition) is 1. The van der Waals surface area contributed by atoms with Crippen LogP contribution in [0.1, 0.15) is 27.8 Å². The van der Waals surface area contributed by atoms with E-state index in [2.05, 4.69) is 37.4 Å². The third-order valence-corrected chi connectivity index (χ3v) is 4.70. The molecule has 0 saturated heterocycles. The molecule has 0 saturated carbocycles. The van der Waals surface area contributed by atoms with E-state index in [0.717, 1.165) is 20.7 Å². The second-order valence-electron chi connectivity index (χ2n) is 5.05. The molecule has 2 heterocycles. The van der Waals surface area contributed by atoms with Gasteiger partial charge in [-0.1, -0.05) is 23.7 Å². The van der Waals surface area contributed by atoms with Gasteiger partial charge in [0.25, 0.3) is 0 Å². The average molecular weight is 318 g/mol. The molecule has 1 atom stereocenters. The van der Waals surface area contributed by atoms with Crippen molar-refractivity contribution < 1.29 is 4.42 Å². The van der Waals surface area contributed by atoms with Crippen molar-refractivity contribution in [2.75, 3.05) is 5.32 Å². The van der Waals surface area contributed by atoms with E-state index in [1.54, 1.807) is 17.6 Å². The summed E-state index contributed by atoms with van der Waals surface area (Å²) in [4.78, 5) is 1.14. The molecule has 21 heavy (non-hydrogen) atoms. The molecule has 0 aliphatic rings. The number of halogens is 1. The lowest BCUT2D eigenvalue weighted by molar-refractivity contribution is 0.500. The van der Waals surface area contributed by atoms with Crippen molar-refractivity contribution in [3.8, 4) is 0 Å². The Morgan fingerprint density at radius 2 is 2.00 bits per heavy atom. The molecule has 0 bridgehead atoms. The van der Waals surface area contributed by atoms with Crippen LogP contribution in [0.5, 0.6) is 0 Å². The fourth-order valence-electron chi connectivity index (χ4n) is 2.27. The van der Waals surface area contributed by atoms with Crippen LogP contribution in [0.25, 0.3) is 0 Å². The standard InChI is InChI=1S/C17H16ClNOS/c1-11-5-6-12(2)13(10-11)19-17(14-4-3-9-20-14)15-7-8-16(18)21-15/h3-10,17,19H,1-2H3. The Balaban J connectivity index is 1.98. The molecule has 0 amide bonds. The molecule has 0 spiro atoms. The van der Waals surface area contributed by atoms with Gasteiger partial charge >= 0.3 is 0 Å². The molecule has 1 N–H and O–H groups in total. The fraction of sp³-hybridized carbons (Fsp3) is 0.176. The van der Waals surface area contributed by atoms with Crippen LogP contribution in [-0.4, -0.2) is 0 Å². The van der Waals surface area contributed by atoms with Gasteiger partial charge in [0.05, 0.1) is 10.6 Å². The summed E-state index contributed by atoms with van der Waals surface area (Å²) in [6.07, 6.45) is 1.70. The van der Waals surface area contributed by atoms with E-state index in [4.69, 9.17) is 16.0 Å². The Kier molecular flexibility index (Phi) is 4.04. The van der Waals surface area contributed by atoms with Crippen LogP contribution in [0, 0.1) is 13.8 Å². The van der Waals surface area contributed by atoms with Crippen LogP contribution < -0.4 is 5.32 Å². The number of rotatable bonds is 4. The topological polar surface area (TPSA) is 25.2 Å². The molecule has 0 aliphatic heterocycles. The lowest BCUT2D eigenvalue weighted by atomic mass is 10.1. The summed E-state index contributed by atoms with van der Waals surface area (Å²) in [5, 5.41) is 3.58. The maximum atomic E-state index is 6.09. The highest BCUT2D eigenvalue weighted by atomic mass is 35.5. The van der Waals surface area contributed by atoms with Gasteiger partial charge in [0.2, 0.25) is 0 Å². The van der Waals surface area contributed by atoms with Crippen LogP contribution in [0.15, 0.2) is 53.1 Å². The van der Waals surface area contributed by atoms with Gasteiger partial charge in [-0.25, -0.2) is 0 Å². The van der Waals surface area contributed by atoms with Gasteiger partial charge in [-0.05, 0) is 55.3 Å². The van der Waals surface area contributed by atoms with E-state index in [0.29, 0.717) is 0 Å². The number of benzene rings is 1. The molecule has 3 rings (SSSR count). The first-order chi connectivity index (χ1) is 10.1. The van der Waals surface area contributed by atoms with E-state index < -0.39 is 0 Å². The van der Waals surface area contributed by atoms with Crippen molar-refractivity contribution in [2.45, 2.75) is 19.9 Å². The normalized spacial score (nSPS) is 12.3. The largest absolute Gasteiger partial charge is 0.467 e. The highest BCUT2D eigenvalue weighted by molar-refractivity contribution is 7.16. The monoisotopic (exact) mass is 317 g/mol. The van der Waals surface area contributed by atoms with Gasteiger partial charge in [0, 0.05) is 10.6 Å². The van der Waals surface area contributed by atoms with Crippen LogP contribution >= 0.6 is 22.9 Å². The molecule has 2 aromatic heterocycles. The van der Waals surface area contributed by atoms with Crippen LogP contribution in [0.4, 0.5) is 5.69 Å². The highest BCUT2D eigenvalue weighted by Gasteiger charge is 2.19. The van der Waals surface area contributed by atoms with Gasteiger partial charge in [-0.3, -0.25) is 0 Å². The molecule has 3 aromatic rings. The Labute approximate surface area is 133 Å². The first-order valence-electron chi connectivity index (χ1n) is 6.76. The molecule has 1 aromatic carbocycles. The maximum absolute atomic E-state index is 6.09. The minimum Gasteiger partial charge on any atom is -0.467 e. The first-order valence-corrected chi connectivity index (χ1v) is 7.95. The number of nitrogens with one attached hydrogen (secondary N) is 1. The minimum absolute atomic E-state index is 0.0296. The molecular weight excluding hydrogens is 302 g/mol. The quantitative estimate of drug-likeness (QED) is 0.656. The van der Waals surface area contributed by atoms with Crippen molar-refractivity contribution in [1.82, 2.24) is 0 Å². The molecule has 108 valence electrons. The van der Waals surface area contributed by atoms with Crippen molar-refractivity contribution in [2.24, 2.45) is 0 Å². The molecule has 0 aliphatic carbocycles. The lowest BCUT2D eigenvalue weighted by Crippen LogP contribution is -2.11. The second-order valence-corrected chi connectivity index (χ2v) is 6.80. The number of aryl methyl sites for hydroxylation is 2. The fourth-order valence-corrected chi connectivity index (χ4v) is 3.39. The predicted octanol–water partition coefficient (Wildman–Crippen LogP) is 5.81. The van der Waals surface area contributed by atoms with E-state index in [-0.39, 0.29) is 6.04 Å². The lowest BCUT2D eigenvalue weighted by Gasteiger charge is -2.18. The zero-order chi connectivity index (χ0) is 14.8. The van der Waals surface area contributed by atoms with Crippen molar-refractivity contribution in [1.29, 1.82) is 0 Å². The summed E-state index contributed by atoms with van der Waals surface area (Å²) in [6.45, 7) is 4.19. The third-order valence-electron chi connectivity index (χ3n) is 3.40. The summed E-state index contributed by atoms with van der Waals surface area (Å²) in [6, 6.07) is 14.2. The van der Waals surface area contributed by atoms with E-state index in [9.17, 15) is 0 Å². The van der Waals surface area contributed by atoms with Crippen LogP contribution in [-0.2, 0) is 0 Å². The van der Waals surface area contributed by atoms with Gasteiger partial charge in [-0.2, -0.15) is 0 Å². The highest BCUT2D eigenvalue weighted by Crippen LogP contribution is 2.34. The predicted molar refractivity (Wildman–Crippen MR) is 89.4 cm³/mol. The number of hydrogen-bond acceptors (Lipinski definition) is 3. The van der Waals surface area contributed by atoms with E-state index in [1.807, 2.05) is 24.3 Å². The van der Waals surface area contributed by atoms with Gasteiger partial charge in [0.1, 0.15) is 11.8 Å². The van der Waals surface area contributed by atoms with E-state index in [1.165, 1.54) is 11.1 Å². The SMILES string of the molecule is Cc1ccc(C)c(NC(c2ccco2)c2ccc(Cl)s2)c1. The Bertz CT molecular complexity index is 733. The summed E-state index contributed by atoms with van der Waals surface area (Å²) in [5.74, 6) is 0.884.